The predicted octanol–water partition coefficient (Wildman–Crippen LogP) is -0.744. The molecule has 0 aliphatic rings. The molecule has 7 heteroatoms. The lowest BCUT2D eigenvalue weighted by Gasteiger charge is -2.27. The quantitative estimate of drug-likeness (QED) is 0.408. The van der Waals surface area contributed by atoms with Crippen LogP contribution < -0.4 is 39.9 Å². The highest BCUT2D eigenvalue weighted by atomic mass is 35.7. The highest BCUT2D eigenvalue weighted by molar-refractivity contribution is 8.01. The molecule has 0 radical (unpaired) electrons. The van der Waals surface area contributed by atoms with E-state index in [-0.39, 0.29) is 0 Å². The van der Waals surface area contributed by atoms with E-state index in [2.05, 4.69) is 97.1 Å². The van der Waals surface area contributed by atoms with Crippen LogP contribution in [0, 0.1) is 10.2 Å². The first kappa shape index (κ1) is 22.9. The maximum absolute atomic E-state index is 10.2. The Bertz CT molecular complexity index is 984. The number of phenolic OH excluding ortho intramolecular Hbond substituents is 1. The Morgan fingerprint density at radius 1 is 0.484 bits per heavy atom. The van der Waals surface area contributed by atoms with Gasteiger partial charge in [0, 0.05) is 6.07 Å². The molecule has 0 saturated heterocycles. The van der Waals surface area contributed by atoms with Gasteiger partial charge < -0.3 is 5.11 Å². The number of hydrogen-bond donors (Lipinski definition) is 1. The Morgan fingerprint density at radius 2 is 0.806 bits per heavy atom. The number of aromatic hydroxyl groups is 1. The Hall–Kier alpha value is -2.76. The zero-order valence-corrected chi connectivity index (χ0v) is 18.0. The first-order chi connectivity index (χ1) is 14.8. The van der Waals surface area contributed by atoms with Gasteiger partial charge in [-0.05, 0) is 48.5 Å². The van der Waals surface area contributed by atoms with Crippen molar-refractivity contribution >= 4 is 28.5 Å². The maximum atomic E-state index is 10.2. The summed E-state index contributed by atoms with van der Waals surface area (Å²) in [5, 5.41) is 15.2. The Balaban J connectivity index is 0.000000491. The standard InChI is InChI=1S/C24H19OP.ClHO4/c25-20-11-10-18-24(19-20)26(21-12-4-1-5-13-21,22-14-6-2-7-15-22)23-16-8-3-9-17-23;2-1(3,4)5/h1-19H;(H,2,3,4,5). The number of benzene rings is 4. The lowest BCUT2D eigenvalue weighted by atomic mass is 10.3. The van der Waals surface area contributed by atoms with Crippen molar-refractivity contribution < 1.29 is 34.0 Å². The van der Waals surface area contributed by atoms with Gasteiger partial charge in [-0.15, -0.1) is 10.2 Å². The molecule has 0 aliphatic heterocycles. The molecule has 4 aromatic rings. The molecule has 0 saturated carbocycles. The average molecular weight is 455 g/mol. The van der Waals surface area contributed by atoms with E-state index in [1.165, 1.54) is 15.9 Å². The van der Waals surface area contributed by atoms with Gasteiger partial charge in [-0.2, -0.15) is 0 Å². The van der Waals surface area contributed by atoms with Gasteiger partial charge in [0.05, 0.1) is 0 Å². The minimum Gasteiger partial charge on any atom is -0.508 e. The van der Waals surface area contributed by atoms with Crippen molar-refractivity contribution in [1.29, 1.82) is 0 Å². The van der Waals surface area contributed by atoms with Crippen molar-refractivity contribution in [2.45, 2.75) is 0 Å². The second-order valence-electron chi connectivity index (χ2n) is 6.58. The average Bonchev–Trinajstić information content (AvgIpc) is 2.76. The summed E-state index contributed by atoms with van der Waals surface area (Å²) in [6.07, 6.45) is 0. The first-order valence-corrected chi connectivity index (χ1v) is 12.3. The molecular weight excluding hydrogens is 435 g/mol. The summed E-state index contributed by atoms with van der Waals surface area (Å²) in [5.74, 6) is 0.301. The molecule has 0 unspecified atom stereocenters. The molecule has 0 bridgehead atoms. The van der Waals surface area contributed by atoms with Gasteiger partial charge in [-0.25, -0.2) is 18.6 Å². The van der Waals surface area contributed by atoms with E-state index in [9.17, 15) is 5.11 Å². The molecule has 0 amide bonds. The number of phenols is 1. The smallest absolute Gasteiger partial charge is 0.144 e. The van der Waals surface area contributed by atoms with Gasteiger partial charge in [-0.1, -0.05) is 60.7 Å². The zero-order valence-electron chi connectivity index (χ0n) is 16.4. The van der Waals surface area contributed by atoms with Crippen molar-refractivity contribution in [3.63, 3.8) is 0 Å². The van der Waals surface area contributed by atoms with Gasteiger partial charge in [0.2, 0.25) is 0 Å². The van der Waals surface area contributed by atoms with E-state index >= 15 is 0 Å². The molecule has 0 heterocycles. The third-order valence-corrected chi connectivity index (χ3v) is 8.92. The monoisotopic (exact) mass is 454 g/mol. The van der Waals surface area contributed by atoms with Gasteiger partial charge in [0.25, 0.3) is 0 Å². The molecule has 5 nitrogen and oxygen atoms in total. The fourth-order valence-electron chi connectivity index (χ4n) is 3.55. The SMILES string of the molecule is Oc1cccc([P+](c2ccccc2)(c2ccccc2)c2ccccc2)c1.[O-][Cl+3]([O-])([O-])[O-]. The second-order valence-corrected chi connectivity index (χ2v) is 10.7. The van der Waals surface area contributed by atoms with Crippen LogP contribution in [0.15, 0.2) is 115 Å². The van der Waals surface area contributed by atoms with Gasteiger partial charge in [0.1, 0.15) is 34.2 Å². The number of hydrogen-bond acceptors (Lipinski definition) is 5. The molecule has 0 aliphatic carbocycles. The van der Waals surface area contributed by atoms with Crippen molar-refractivity contribution in [3.05, 3.63) is 115 Å². The highest BCUT2D eigenvalue weighted by Gasteiger charge is 2.47. The largest absolute Gasteiger partial charge is 0.508 e. The van der Waals surface area contributed by atoms with Gasteiger partial charge >= 0.3 is 0 Å². The van der Waals surface area contributed by atoms with Crippen molar-refractivity contribution in [2.24, 2.45) is 0 Å². The molecule has 0 fully saturated rings. The van der Waals surface area contributed by atoms with Crippen LogP contribution in [-0.4, -0.2) is 5.11 Å². The van der Waals surface area contributed by atoms with E-state index in [4.69, 9.17) is 18.6 Å². The molecule has 4 rings (SSSR count). The van der Waals surface area contributed by atoms with Crippen LogP contribution in [0.1, 0.15) is 0 Å². The van der Waals surface area contributed by atoms with E-state index in [1.807, 2.05) is 12.1 Å². The van der Waals surface area contributed by atoms with E-state index in [0.717, 1.165) is 5.30 Å². The van der Waals surface area contributed by atoms with Crippen LogP contribution in [0.2, 0.25) is 0 Å². The molecule has 158 valence electrons. The molecule has 0 atom stereocenters. The second kappa shape index (κ2) is 10.0. The first-order valence-electron chi connectivity index (χ1n) is 9.29. The summed E-state index contributed by atoms with van der Waals surface area (Å²) in [4.78, 5) is 0. The van der Waals surface area contributed by atoms with E-state index in [1.54, 1.807) is 6.07 Å². The van der Waals surface area contributed by atoms with Gasteiger partial charge in [0.15, 0.2) is 0 Å². The Labute approximate surface area is 183 Å². The zero-order chi connectivity index (χ0) is 22.3. The maximum Gasteiger partial charge on any atom is 0.144 e. The number of halogens is 1. The molecule has 0 spiro atoms. The summed E-state index contributed by atoms with van der Waals surface area (Å²) in [6, 6.07) is 39.7. The van der Waals surface area contributed by atoms with Crippen LogP contribution in [0.3, 0.4) is 0 Å². The lowest BCUT2D eigenvalue weighted by Crippen LogP contribution is -2.68. The van der Waals surface area contributed by atoms with E-state index < -0.39 is 17.5 Å². The Kier molecular flexibility index (Phi) is 7.42. The van der Waals surface area contributed by atoms with E-state index in [0.29, 0.717) is 5.75 Å². The minimum absolute atomic E-state index is 0.301. The summed E-state index contributed by atoms with van der Waals surface area (Å²) >= 11 is 0. The Morgan fingerprint density at radius 3 is 1.13 bits per heavy atom. The summed E-state index contributed by atoms with van der Waals surface area (Å²) in [6.45, 7) is 0. The van der Waals surface area contributed by atoms with Crippen LogP contribution in [0.4, 0.5) is 0 Å². The van der Waals surface area contributed by atoms with Crippen molar-refractivity contribution in [3.8, 4) is 5.75 Å². The van der Waals surface area contributed by atoms with Crippen molar-refractivity contribution in [2.75, 3.05) is 0 Å². The van der Waals surface area contributed by atoms with Crippen LogP contribution >= 0.6 is 7.26 Å². The summed E-state index contributed by atoms with van der Waals surface area (Å²) in [5.41, 5.74) is 0. The number of rotatable bonds is 4. The molecular formula is C24H20ClO5P. The minimum atomic E-state index is -4.94. The lowest BCUT2D eigenvalue weighted by molar-refractivity contribution is -2.00. The summed E-state index contributed by atoms with van der Waals surface area (Å²) in [7, 11) is -7.04. The fraction of sp³-hybridized carbons (Fsp3) is 0. The summed E-state index contributed by atoms with van der Waals surface area (Å²) < 4.78 is 34.0. The highest BCUT2D eigenvalue weighted by Crippen LogP contribution is 2.54. The third-order valence-electron chi connectivity index (χ3n) is 4.65. The molecule has 31 heavy (non-hydrogen) atoms. The molecule has 0 aromatic heterocycles. The van der Waals surface area contributed by atoms with Crippen LogP contribution in [0.5, 0.6) is 5.75 Å². The van der Waals surface area contributed by atoms with Gasteiger partial charge in [-0.3, -0.25) is 0 Å². The van der Waals surface area contributed by atoms with Crippen molar-refractivity contribution in [1.82, 2.24) is 0 Å². The fourth-order valence-corrected chi connectivity index (χ4v) is 7.83. The molecule has 1 N–H and O–H groups in total. The third kappa shape index (κ3) is 5.69. The topological polar surface area (TPSA) is 112 Å². The molecule has 4 aromatic carbocycles. The van der Waals surface area contributed by atoms with Crippen LogP contribution in [0.25, 0.3) is 0 Å². The predicted molar refractivity (Wildman–Crippen MR) is 113 cm³/mol. The normalized spacial score (nSPS) is 11.4. The van der Waals surface area contributed by atoms with Crippen LogP contribution in [-0.2, 0) is 0 Å².